The first-order valence-electron chi connectivity index (χ1n) is 9.63. The molecular weight excluding hydrogens is 481 g/mol. The lowest BCUT2D eigenvalue weighted by molar-refractivity contribution is 0.0540. The number of hydrogen-bond acceptors (Lipinski definition) is 7. The van der Waals surface area contributed by atoms with Gasteiger partial charge in [0.15, 0.2) is 10.8 Å². The number of nitrogens with zero attached hydrogens (tertiary/aromatic N) is 3. The first-order valence-corrected chi connectivity index (χ1v) is 11.2. The van der Waals surface area contributed by atoms with Crippen LogP contribution in [0.15, 0.2) is 0 Å². The summed E-state index contributed by atoms with van der Waals surface area (Å²) < 4.78 is 5.58. The summed E-state index contributed by atoms with van der Waals surface area (Å²) in [6.07, 6.45) is 0.108. The molecule has 0 unspecified atom stereocenters. The summed E-state index contributed by atoms with van der Waals surface area (Å²) in [7, 11) is 4.60. The molecule has 10 nitrogen and oxygen atoms in total. The third-order valence-corrected chi connectivity index (χ3v) is 7.20. The number of aromatic carboxylic acids is 1. The lowest BCUT2D eigenvalue weighted by Gasteiger charge is -2.37. The number of hydrogen-bond donors (Lipinski definition) is 3. The molecule has 174 valence electrons. The number of nitrogens with one attached hydrogen (secondary N) is 2. The molecule has 32 heavy (non-hydrogen) atoms. The molecule has 0 spiro atoms. The van der Waals surface area contributed by atoms with Crippen LogP contribution in [0.2, 0.25) is 10.0 Å². The predicted molar refractivity (Wildman–Crippen MR) is 122 cm³/mol. The van der Waals surface area contributed by atoms with Gasteiger partial charge in [-0.05, 0) is 13.3 Å². The highest BCUT2D eigenvalue weighted by Crippen LogP contribution is 2.31. The second kappa shape index (κ2) is 9.65. The number of H-pyrrole nitrogens is 1. The van der Waals surface area contributed by atoms with Crippen LogP contribution in [0, 0.1) is 6.92 Å². The van der Waals surface area contributed by atoms with E-state index in [1.54, 1.807) is 6.92 Å². The van der Waals surface area contributed by atoms with Gasteiger partial charge in [-0.1, -0.05) is 34.5 Å². The van der Waals surface area contributed by atoms with Gasteiger partial charge in [-0.2, -0.15) is 0 Å². The average molecular weight is 504 g/mol. The van der Waals surface area contributed by atoms with E-state index in [0.717, 1.165) is 11.3 Å². The quantitative estimate of drug-likeness (QED) is 0.552. The minimum absolute atomic E-state index is 0.0967. The first kappa shape index (κ1) is 24.3. The monoisotopic (exact) mass is 503 g/mol. The third-order valence-electron chi connectivity index (χ3n) is 5.15. The predicted octanol–water partition coefficient (Wildman–Crippen LogP) is 2.51. The number of piperidine rings is 1. The van der Waals surface area contributed by atoms with E-state index in [1.807, 2.05) is 4.90 Å². The molecule has 2 atom stereocenters. The van der Waals surface area contributed by atoms with E-state index in [9.17, 15) is 19.5 Å². The van der Waals surface area contributed by atoms with Gasteiger partial charge < -0.3 is 29.9 Å². The molecule has 1 saturated heterocycles. The number of ether oxygens (including phenoxy) is 1. The molecule has 3 N–H and O–H groups in total. The van der Waals surface area contributed by atoms with E-state index in [4.69, 9.17) is 27.9 Å². The Bertz CT molecular complexity index is 1050. The lowest BCUT2D eigenvalue weighted by atomic mass is 10.0. The smallest absolute Gasteiger partial charge is 0.348 e. The third kappa shape index (κ3) is 4.70. The molecule has 0 saturated carbocycles. The average Bonchev–Trinajstić information content (AvgIpc) is 3.31. The maximum Gasteiger partial charge on any atom is 0.348 e. The Kier molecular flexibility index (Phi) is 7.33. The first-order chi connectivity index (χ1) is 15.0. The van der Waals surface area contributed by atoms with E-state index in [2.05, 4.69) is 15.3 Å². The molecule has 1 fully saturated rings. The van der Waals surface area contributed by atoms with Crippen molar-refractivity contribution in [3.63, 3.8) is 0 Å². The number of carboxylic acids is 1. The number of aromatic nitrogens is 2. The van der Waals surface area contributed by atoms with Gasteiger partial charge in [0.25, 0.3) is 11.8 Å². The van der Waals surface area contributed by atoms with Crippen molar-refractivity contribution < 1.29 is 24.2 Å². The second-order valence-electron chi connectivity index (χ2n) is 7.52. The van der Waals surface area contributed by atoms with Crippen molar-refractivity contribution in [2.45, 2.75) is 25.5 Å². The molecule has 0 radical (unpaired) electrons. The number of rotatable bonds is 6. The number of anilines is 1. The van der Waals surface area contributed by atoms with Crippen molar-refractivity contribution in [3.8, 4) is 0 Å². The van der Waals surface area contributed by atoms with Crippen LogP contribution < -0.4 is 10.2 Å². The van der Waals surface area contributed by atoms with Crippen LogP contribution in [-0.4, -0.2) is 84.2 Å². The Hall–Kier alpha value is -2.34. The summed E-state index contributed by atoms with van der Waals surface area (Å²) in [6, 6.07) is -0.316. The van der Waals surface area contributed by atoms with Gasteiger partial charge >= 0.3 is 5.97 Å². The molecular formula is C19H23Cl2N5O5S. The summed E-state index contributed by atoms with van der Waals surface area (Å²) in [6.45, 7) is 2.54. The van der Waals surface area contributed by atoms with E-state index >= 15 is 0 Å². The minimum atomic E-state index is -1.21. The van der Waals surface area contributed by atoms with Crippen LogP contribution >= 0.6 is 34.5 Å². The highest BCUT2D eigenvalue weighted by atomic mass is 35.5. The summed E-state index contributed by atoms with van der Waals surface area (Å²) in [5.74, 6) is -2.08. The number of methoxy groups -OCH3 is 1. The maximum atomic E-state index is 12.7. The zero-order valence-electron chi connectivity index (χ0n) is 17.9. The van der Waals surface area contributed by atoms with Gasteiger partial charge in [0.2, 0.25) is 0 Å². The Balaban J connectivity index is 1.76. The van der Waals surface area contributed by atoms with Crippen LogP contribution in [0.5, 0.6) is 0 Å². The highest BCUT2D eigenvalue weighted by Gasteiger charge is 2.34. The van der Waals surface area contributed by atoms with Crippen LogP contribution in [0.3, 0.4) is 0 Å². The fourth-order valence-electron chi connectivity index (χ4n) is 3.41. The number of carbonyl (C=O) groups is 3. The normalized spacial score (nSPS) is 18.5. The maximum absolute atomic E-state index is 12.7. The standard InChI is InChI=1S/C19H23Cl2N5O5S/c1-8-11(20)12(21)13(22-8)16(27)23-9-5-6-26(7-10(9)31-4)19-24-14(17(28)25(2)3)15(32-19)18(29)30/h9-10,22H,5-7H2,1-4H3,(H,23,27)(H,29,30)/t9-,10+/m1/s1. The van der Waals surface area contributed by atoms with E-state index in [-0.39, 0.29) is 27.3 Å². The number of carbonyl (C=O) groups excluding carboxylic acids is 2. The molecule has 3 heterocycles. The lowest BCUT2D eigenvalue weighted by Crippen LogP contribution is -2.55. The van der Waals surface area contributed by atoms with Crippen molar-refractivity contribution >= 4 is 57.5 Å². The van der Waals surface area contributed by atoms with E-state index in [0.29, 0.717) is 35.4 Å². The fourth-order valence-corrected chi connectivity index (χ4v) is 4.76. The molecule has 0 aromatic carbocycles. The van der Waals surface area contributed by atoms with E-state index < -0.39 is 23.9 Å². The highest BCUT2D eigenvalue weighted by molar-refractivity contribution is 7.17. The fraction of sp³-hybridized carbons (Fsp3) is 0.474. The molecule has 3 rings (SSSR count). The largest absolute Gasteiger partial charge is 0.477 e. The van der Waals surface area contributed by atoms with Crippen molar-refractivity contribution in [1.82, 2.24) is 20.2 Å². The summed E-state index contributed by atoms with van der Waals surface area (Å²) in [5.41, 5.74) is 0.686. The van der Waals surface area contributed by atoms with Crippen molar-refractivity contribution in [2.75, 3.05) is 39.2 Å². The van der Waals surface area contributed by atoms with Gasteiger partial charge in [0.05, 0.1) is 22.2 Å². The Morgan fingerprint density at radius 3 is 2.53 bits per heavy atom. The van der Waals surface area contributed by atoms with Crippen LogP contribution in [-0.2, 0) is 4.74 Å². The Morgan fingerprint density at radius 2 is 2.00 bits per heavy atom. The summed E-state index contributed by atoms with van der Waals surface area (Å²) in [5, 5.41) is 13.3. The van der Waals surface area contributed by atoms with Gasteiger partial charge in [-0.25, -0.2) is 9.78 Å². The summed E-state index contributed by atoms with van der Waals surface area (Å²) >= 11 is 13.1. The molecule has 2 aromatic heterocycles. The SMILES string of the molecule is CO[C@H]1CN(c2nc(C(=O)N(C)C)c(C(=O)O)s2)CC[C@H]1NC(=O)c1[nH]c(C)c(Cl)c1Cl. The zero-order valence-corrected chi connectivity index (χ0v) is 20.2. The van der Waals surface area contributed by atoms with Crippen molar-refractivity contribution in [3.05, 3.63) is 32.0 Å². The minimum Gasteiger partial charge on any atom is -0.477 e. The molecule has 1 aliphatic heterocycles. The zero-order chi connectivity index (χ0) is 23.7. The second-order valence-corrected chi connectivity index (χ2v) is 9.25. The molecule has 2 amide bonds. The van der Waals surface area contributed by atoms with Gasteiger partial charge in [-0.15, -0.1) is 0 Å². The number of aryl methyl sites for hydroxylation is 1. The van der Waals surface area contributed by atoms with Crippen LogP contribution in [0.1, 0.15) is 42.8 Å². The molecule has 0 bridgehead atoms. The number of thiazole rings is 1. The van der Waals surface area contributed by atoms with Crippen molar-refractivity contribution in [2.24, 2.45) is 0 Å². The van der Waals surface area contributed by atoms with Gasteiger partial charge in [-0.3, -0.25) is 9.59 Å². The molecule has 13 heteroatoms. The number of carboxylic acid groups (broad SMARTS) is 1. The molecule has 0 aliphatic carbocycles. The van der Waals surface area contributed by atoms with E-state index in [1.165, 1.54) is 26.1 Å². The molecule has 2 aromatic rings. The number of aromatic amines is 1. The van der Waals surface area contributed by atoms with Gasteiger partial charge in [0.1, 0.15) is 10.6 Å². The Labute approximate surface area is 198 Å². The van der Waals surface area contributed by atoms with Crippen LogP contribution in [0.25, 0.3) is 0 Å². The van der Waals surface area contributed by atoms with Gasteiger partial charge in [0, 0.05) is 40.0 Å². The van der Waals surface area contributed by atoms with Crippen LogP contribution in [0.4, 0.5) is 5.13 Å². The number of amides is 2. The number of halogens is 2. The topological polar surface area (TPSA) is 128 Å². The Morgan fingerprint density at radius 1 is 1.31 bits per heavy atom. The summed E-state index contributed by atoms with van der Waals surface area (Å²) in [4.78, 5) is 46.8. The molecule has 1 aliphatic rings. The van der Waals surface area contributed by atoms with Crippen molar-refractivity contribution in [1.29, 1.82) is 0 Å².